The zero-order chi connectivity index (χ0) is 9.40. The fourth-order valence-electron chi connectivity index (χ4n) is 1.11. The Morgan fingerprint density at radius 1 is 1.33 bits per heavy atom. The van der Waals surface area contributed by atoms with Crippen LogP contribution in [0.15, 0.2) is 0 Å². The Labute approximate surface area is 75.9 Å². The predicted molar refractivity (Wildman–Crippen MR) is 51.7 cm³/mol. The molecule has 71 valence electrons. The summed E-state index contributed by atoms with van der Waals surface area (Å²) in [5.74, 6) is 0. The molecule has 1 atom stereocenters. The van der Waals surface area contributed by atoms with Crippen LogP contribution in [0.1, 0.15) is 46.5 Å². The zero-order valence-electron chi connectivity index (χ0n) is 8.47. The van der Waals surface area contributed by atoms with E-state index in [9.17, 15) is 4.79 Å². The van der Waals surface area contributed by atoms with Crippen molar-refractivity contribution < 1.29 is 4.79 Å². The average Bonchev–Trinajstić information content (AvgIpc) is 2.11. The van der Waals surface area contributed by atoms with Gasteiger partial charge < -0.3 is 4.90 Å². The molecular formula is C10H20NO. The smallest absolute Gasteiger partial charge is 0.312 e. The highest BCUT2D eigenvalue weighted by Gasteiger charge is 2.08. The molecule has 0 aliphatic heterocycles. The Balaban J connectivity index is 3.59. The molecule has 0 rings (SSSR count). The maximum atomic E-state index is 10.5. The first-order chi connectivity index (χ1) is 5.76. The quantitative estimate of drug-likeness (QED) is 0.424. The molecule has 1 radical (unpaired) electrons. The molecule has 0 aromatic carbocycles. The Morgan fingerprint density at radius 2 is 2.00 bits per heavy atom. The largest absolute Gasteiger partial charge is 0.332 e. The van der Waals surface area contributed by atoms with Gasteiger partial charge in [0.25, 0.3) is 0 Å². The summed E-state index contributed by atoms with van der Waals surface area (Å²) in [4.78, 5) is 12.3. The van der Waals surface area contributed by atoms with Crippen LogP contribution in [0.25, 0.3) is 0 Å². The van der Waals surface area contributed by atoms with Crippen molar-refractivity contribution in [1.82, 2.24) is 4.90 Å². The van der Waals surface area contributed by atoms with E-state index in [1.807, 2.05) is 6.41 Å². The molecule has 0 saturated heterocycles. The third kappa shape index (κ3) is 4.37. The summed E-state index contributed by atoms with van der Waals surface area (Å²) in [7, 11) is 0. The van der Waals surface area contributed by atoms with Gasteiger partial charge in [-0.3, -0.25) is 4.79 Å². The monoisotopic (exact) mass is 170 g/mol. The highest BCUT2D eigenvalue weighted by molar-refractivity contribution is 5.48. The van der Waals surface area contributed by atoms with Gasteiger partial charge in [0.1, 0.15) is 0 Å². The van der Waals surface area contributed by atoms with Gasteiger partial charge in [-0.15, -0.1) is 0 Å². The molecule has 0 heterocycles. The lowest BCUT2D eigenvalue weighted by Gasteiger charge is -2.22. The number of unbranched alkanes of at least 4 members (excludes halogenated alkanes) is 2. The lowest BCUT2D eigenvalue weighted by Crippen LogP contribution is -2.32. The lowest BCUT2D eigenvalue weighted by atomic mass is 10.2. The highest BCUT2D eigenvalue weighted by atomic mass is 16.1. The van der Waals surface area contributed by atoms with E-state index in [2.05, 4.69) is 20.8 Å². The van der Waals surface area contributed by atoms with Gasteiger partial charge in [-0.05, 0) is 19.8 Å². The summed E-state index contributed by atoms with van der Waals surface area (Å²) >= 11 is 0. The molecule has 0 fully saturated rings. The number of hydrogen-bond acceptors (Lipinski definition) is 1. The van der Waals surface area contributed by atoms with Crippen molar-refractivity contribution in [1.29, 1.82) is 0 Å². The normalized spacial score (nSPS) is 12.6. The minimum atomic E-state index is 0.347. The van der Waals surface area contributed by atoms with Crippen molar-refractivity contribution in [2.45, 2.75) is 52.5 Å². The molecule has 0 bridgehead atoms. The second kappa shape index (κ2) is 7.14. The molecule has 0 saturated carbocycles. The summed E-state index contributed by atoms with van der Waals surface area (Å²) in [5, 5.41) is 0. The number of hydrogen-bond donors (Lipinski definition) is 0. The third-order valence-corrected chi connectivity index (χ3v) is 2.24. The first-order valence-corrected chi connectivity index (χ1v) is 4.90. The maximum absolute atomic E-state index is 10.5. The maximum Gasteiger partial charge on any atom is 0.312 e. The number of rotatable bonds is 7. The molecule has 2 heteroatoms. The molecular weight excluding hydrogens is 150 g/mol. The summed E-state index contributed by atoms with van der Waals surface area (Å²) in [6.07, 6.45) is 6.52. The first-order valence-electron chi connectivity index (χ1n) is 4.90. The van der Waals surface area contributed by atoms with E-state index in [1.54, 1.807) is 4.90 Å². The van der Waals surface area contributed by atoms with Gasteiger partial charge in [-0.2, -0.15) is 0 Å². The standard InChI is InChI=1S/C10H20NO/c1-4-6-7-8-11(9-12)10(3)5-2/h10H,4-8H2,1-3H3. The molecule has 12 heavy (non-hydrogen) atoms. The average molecular weight is 170 g/mol. The van der Waals surface area contributed by atoms with E-state index in [0.29, 0.717) is 6.04 Å². The number of carbonyl (C=O) groups excluding carboxylic acids is 1. The Hall–Kier alpha value is -0.530. The molecule has 2 nitrogen and oxygen atoms in total. The van der Waals surface area contributed by atoms with Crippen molar-refractivity contribution >= 4 is 6.41 Å². The molecule has 0 aliphatic carbocycles. The van der Waals surface area contributed by atoms with E-state index in [0.717, 1.165) is 19.4 Å². The van der Waals surface area contributed by atoms with E-state index >= 15 is 0 Å². The van der Waals surface area contributed by atoms with Gasteiger partial charge in [0.2, 0.25) is 0 Å². The second-order valence-electron chi connectivity index (χ2n) is 3.25. The fourth-order valence-corrected chi connectivity index (χ4v) is 1.11. The fraction of sp³-hybridized carbons (Fsp3) is 0.900. The number of amides is 1. The van der Waals surface area contributed by atoms with Crippen LogP contribution in [0.2, 0.25) is 0 Å². The van der Waals surface area contributed by atoms with Crippen LogP contribution in [-0.4, -0.2) is 23.9 Å². The first kappa shape index (κ1) is 11.5. The van der Waals surface area contributed by atoms with Crippen LogP contribution >= 0.6 is 0 Å². The highest BCUT2D eigenvalue weighted by Crippen LogP contribution is 2.03. The van der Waals surface area contributed by atoms with Crippen molar-refractivity contribution in [3.05, 3.63) is 0 Å². The van der Waals surface area contributed by atoms with Crippen molar-refractivity contribution in [2.75, 3.05) is 6.54 Å². The van der Waals surface area contributed by atoms with Crippen molar-refractivity contribution in [3.63, 3.8) is 0 Å². The van der Waals surface area contributed by atoms with E-state index < -0.39 is 0 Å². The SMILES string of the molecule is CCCCCN([C]=O)C(C)CC. The Bertz CT molecular complexity index is 114. The molecule has 0 spiro atoms. The van der Waals surface area contributed by atoms with Crippen LogP contribution in [0.5, 0.6) is 0 Å². The van der Waals surface area contributed by atoms with Crippen LogP contribution in [-0.2, 0) is 4.79 Å². The predicted octanol–water partition coefficient (Wildman–Crippen LogP) is 2.34. The van der Waals surface area contributed by atoms with Gasteiger partial charge in [0, 0.05) is 12.6 Å². The van der Waals surface area contributed by atoms with Gasteiger partial charge in [-0.25, -0.2) is 0 Å². The number of nitrogens with zero attached hydrogens (tertiary/aromatic N) is 1. The van der Waals surface area contributed by atoms with Crippen LogP contribution in [0, 0.1) is 0 Å². The topological polar surface area (TPSA) is 20.3 Å². The molecule has 0 aliphatic rings. The Morgan fingerprint density at radius 3 is 2.42 bits per heavy atom. The molecule has 0 aromatic rings. The van der Waals surface area contributed by atoms with Gasteiger partial charge >= 0.3 is 6.41 Å². The van der Waals surface area contributed by atoms with Gasteiger partial charge in [0.05, 0.1) is 0 Å². The van der Waals surface area contributed by atoms with E-state index in [4.69, 9.17) is 0 Å². The summed E-state index contributed by atoms with van der Waals surface area (Å²) < 4.78 is 0. The Kier molecular flexibility index (Phi) is 6.82. The summed E-state index contributed by atoms with van der Waals surface area (Å²) in [6, 6.07) is 0.347. The molecule has 1 unspecified atom stereocenters. The minimum Gasteiger partial charge on any atom is -0.332 e. The van der Waals surface area contributed by atoms with E-state index in [-0.39, 0.29) is 0 Å². The second-order valence-corrected chi connectivity index (χ2v) is 3.25. The summed E-state index contributed by atoms with van der Waals surface area (Å²) in [5.41, 5.74) is 0. The zero-order valence-corrected chi connectivity index (χ0v) is 8.47. The summed E-state index contributed by atoms with van der Waals surface area (Å²) in [6.45, 7) is 7.19. The molecule has 1 amide bonds. The molecule has 0 aromatic heterocycles. The van der Waals surface area contributed by atoms with Crippen LogP contribution < -0.4 is 0 Å². The minimum absolute atomic E-state index is 0.347. The molecule has 0 N–H and O–H groups in total. The van der Waals surface area contributed by atoms with Crippen LogP contribution in [0.4, 0.5) is 0 Å². The van der Waals surface area contributed by atoms with Crippen molar-refractivity contribution in [2.24, 2.45) is 0 Å². The third-order valence-electron chi connectivity index (χ3n) is 2.24. The van der Waals surface area contributed by atoms with Crippen molar-refractivity contribution in [3.8, 4) is 0 Å². The van der Waals surface area contributed by atoms with E-state index in [1.165, 1.54) is 12.8 Å². The lowest BCUT2D eigenvalue weighted by molar-refractivity contribution is 0.296. The van der Waals surface area contributed by atoms with Gasteiger partial charge in [0.15, 0.2) is 0 Å². The van der Waals surface area contributed by atoms with Crippen LogP contribution in [0.3, 0.4) is 0 Å². The van der Waals surface area contributed by atoms with Gasteiger partial charge in [-0.1, -0.05) is 26.7 Å².